The molecule has 53 heavy (non-hydrogen) atoms. The van der Waals surface area contributed by atoms with Gasteiger partial charge in [-0.1, -0.05) is 120 Å². The lowest BCUT2D eigenvalue weighted by molar-refractivity contribution is -0.870. The van der Waals surface area contributed by atoms with Crippen molar-refractivity contribution in [2.75, 3.05) is 47.5 Å². The van der Waals surface area contributed by atoms with Gasteiger partial charge in [0.25, 0.3) is 7.82 Å². The van der Waals surface area contributed by atoms with Crippen LogP contribution >= 0.6 is 7.82 Å². The zero-order chi connectivity index (χ0) is 39.3. The van der Waals surface area contributed by atoms with Crippen LogP contribution in [0.25, 0.3) is 0 Å². The van der Waals surface area contributed by atoms with E-state index in [2.05, 4.69) is 74.6 Å². The lowest BCUT2D eigenvalue weighted by Gasteiger charge is -2.28. The molecule has 306 valence electrons. The van der Waals surface area contributed by atoms with Gasteiger partial charge in [-0.3, -0.25) is 14.2 Å². The van der Waals surface area contributed by atoms with Crippen LogP contribution < -0.4 is 4.89 Å². The zero-order valence-electron chi connectivity index (χ0n) is 34.2. The first-order chi connectivity index (χ1) is 25.5. The molecule has 0 spiro atoms. The molecule has 0 aliphatic carbocycles. The van der Waals surface area contributed by atoms with Crippen LogP contribution in [0.2, 0.25) is 0 Å². The van der Waals surface area contributed by atoms with Crippen molar-refractivity contribution in [1.82, 2.24) is 0 Å². The van der Waals surface area contributed by atoms with Crippen molar-refractivity contribution in [3.05, 3.63) is 60.8 Å². The minimum atomic E-state index is -4.63. The first kappa shape index (κ1) is 50.7. The average Bonchev–Trinajstić information content (AvgIpc) is 3.10. The van der Waals surface area contributed by atoms with Crippen molar-refractivity contribution < 1.29 is 42.1 Å². The summed E-state index contributed by atoms with van der Waals surface area (Å²) in [5.74, 6) is -0.892. The molecule has 0 aliphatic rings. The molecule has 0 aromatic rings. The van der Waals surface area contributed by atoms with E-state index in [0.29, 0.717) is 23.9 Å². The van der Waals surface area contributed by atoms with E-state index in [1.165, 1.54) is 32.1 Å². The van der Waals surface area contributed by atoms with Crippen LogP contribution in [0.4, 0.5) is 0 Å². The first-order valence-electron chi connectivity index (χ1n) is 20.5. The minimum Gasteiger partial charge on any atom is -0.756 e. The number of esters is 2. The number of rotatable bonds is 36. The molecule has 0 heterocycles. The van der Waals surface area contributed by atoms with Gasteiger partial charge in [0.15, 0.2) is 6.10 Å². The van der Waals surface area contributed by atoms with Gasteiger partial charge in [0.05, 0.1) is 27.7 Å². The van der Waals surface area contributed by atoms with Crippen LogP contribution in [-0.2, 0) is 32.7 Å². The van der Waals surface area contributed by atoms with E-state index in [1.54, 1.807) is 0 Å². The van der Waals surface area contributed by atoms with Crippen LogP contribution in [0.3, 0.4) is 0 Å². The molecule has 0 amide bonds. The SMILES string of the molecule is CC/C=C\C/C=C\C/C=C\CCCCCC(=O)OC(COC(=O)CCCCCCC/C=C\C/C=C\CCCCCC)COP(=O)([O-])OCC[N+](C)(C)C. The topological polar surface area (TPSA) is 111 Å². The fraction of sp³-hybridized carbons (Fsp3) is 0.721. The number of ether oxygens (including phenoxy) is 2. The summed E-state index contributed by atoms with van der Waals surface area (Å²) >= 11 is 0. The summed E-state index contributed by atoms with van der Waals surface area (Å²) < 4.78 is 33.8. The van der Waals surface area contributed by atoms with Gasteiger partial charge in [-0.2, -0.15) is 0 Å². The molecule has 0 fully saturated rings. The summed E-state index contributed by atoms with van der Waals surface area (Å²) in [6, 6.07) is 0. The molecule has 0 aromatic heterocycles. The molecule has 9 nitrogen and oxygen atoms in total. The Morgan fingerprint density at radius 3 is 1.62 bits per heavy atom. The van der Waals surface area contributed by atoms with Crippen LogP contribution in [0.1, 0.15) is 149 Å². The van der Waals surface area contributed by atoms with Crippen LogP contribution in [0.5, 0.6) is 0 Å². The Morgan fingerprint density at radius 2 is 1.08 bits per heavy atom. The van der Waals surface area contributed by atoms with Gasteiger partial charge in [-0.15, -0.1) is 0 Å². The fourth-order valence-corrected chi connectivity index (χ4v) is 5.78. The molecular weight excluding hydrogens is 689 g/mol. The molecule has 0 aliphatic heterocycles. The van der Waals surface area contributed by atoms with Gasteiger partial charge in [0.1, 0.15) is 19.8 Å². The third-order valence-electron chi connectivity index (χ3n) is 8.27. The second-order valence-electron chi connectivity index (χ2n) is 14.6. The largest absolute Gasteiger partial charge is 0.756 e. The standard InChI is InChI=1S/C43H76NO8P/c1-6-8-10-12-14-16-18-20-21-22-24-25-27-29-31-33-35-42(45)49-39-41(40-51-53(47,48)50-38-37-44(3,4)5)52-43(46)36-34-32-30-28-26-23-19-17-15-13-11-9-7-2/h9,11,15-18,21-23,26,41H,6-8,10,12-14,19-20,24-25,27-40H2,1-5H3/b11-9-,17-15-,18-16-,22-21-,26-23-. The lowest BCUT2D eigenvalue weighted by atomic mass is 10.1. The summed E-state index contributed by atoms with van der Waals surface area (Å²) in [5, 5.41) is 0. The Morgan fingerprint density at radius 1 is 0.604 bits per heavy atom. The summed E-state index contributed by atoms with van der Waals surface area (Å²) in [5.41, 5.74) is 0. The molecule has 2 atom stereocenters. The Bertz CT molecular complexity index is 1090. The van der Waals surface area contributed by atoms with E-state index in [0.717, 1.165) is 77.0 Å². The van der Waals surface area contributed by atoms with Gasteiger partial charge < -0.3 is 27.9 Å². The van der Waals surface area contributed by atoms with Gasteiger partial charge in [-0.05, 0) is 77.0 Å². The summed E-state index contributed by atoms with van der Waals surface area (Å²) in [7, 11) is 1.13. The van der Waals surface area contributed by atoms with E-state index >= 15 is 0 Å². The van der Waals surface area contributed by atoms with Crippen molar-refractivity contribution >= 4 is 19.8 Å². The molecule has 0 saturated heterocycles. The predicted octanol–water partition coefficient (Wildman–Crippen LogP) is 10.7. The Hall–Kier alpha value is -2.29. The number of quaternary nitrogens is 1. The number of unbranched alkanes of at least 4 members (excludes halogenated alkanes) is 12. The molecule has 0 radical (unpaired) electrons. The van der Waals surface area contributed by atoms with E-state index in [4.69, 9.17) is 18.5 Å². The van der Waals surface area contributed by atoms with Crippen molar-refractivity contribution in [3.8, 4) is 0 Å². The van der Waals surface area contributed by atoms with E-state index in [-0.39, 0.29) is 26.1 Å². The smallest absolute Gasteiger partial charge is 0.306 e. The van der Waals surface area contributed by atoms with Crippen molar-refractivity contribution in [2.45, 2.75) is 155 Å². The minimum absolute atomic E-state index is 0.0418. The highest BCUT2D eigenvalue weighted by atomic mass is 31.2. The zero-order valence-corrected chi connectivity index (χ0v) is 35.1. The quantitative estimate of drug-likeness (QED) is 0.0204. The third-order valence-corrected chi connectivity index (χ3v) is 9.24. The molecule has 0 saturated carbocycles. The van der Waals surface area contributed by atoms with E-state index in [1.807, 2.05) is 21.1 Å². The molecule has 10 heteroatoms. The molecule has 0 rings (SSSR count). The van der Waals surface area contributed by atoms with Crippen LogP contribution in [0, 0.1) is 0 Å². The predicted molar refractivity (Wildman–Crippen MR) is 217 cm³/mol. The monoisotopic (exact) mass is 766 g/mol. The second kappa shape index (κ2) is 35.4. The maximum absolute atomic E-state index is 12.6. The second-order valence-corrected chi connectivity index (χ2v) is 16.0. The highest BCUT2D eigenvalue weighted by molar-refractivity contribution is 7.45. The van der Waals surface area contributed by atoms with Gasteiger partial charge in [0, 0.05) is 12.8 Å². The van der Waals surface area contributed by atoms with Crippen molar-refractivity contribution in [3.63, 3.8) is 0 Å². The summed E-state index contributed by atoms with van der Waals surface area (Å²) in [4.78, 5) is 37.4. The Balaban J connectivity index is 4.47. The number of likely N-dealkylation sites (N-methyl/N-ethyl adjacent to an activating group) is 1. The normalized spacial score (nSPS) is 14.3. The van der Waals surface area contributed by atoms with Crippen molar-refractivity contribution in [2.24, 2.45) is 0 Å². The Labute approximate surface area is 324 Å². The number of carbonyl (C=O) groups is 2. The Kier molecular flexibility index (Phi) is 33.9. The van der Waals surface area contributed by atoms with Crippen molar-refractivity contribution in [1.29, 1.82) is 0 Å². The molecule has 0 N–H and O–H groups in total. The number of phosphoric ester groups is 1. The van der Waals surface area contributed by atoms with Crippen LogP contribution in [-0.4, -0.2) is 70.0 Å². The number of hydrogen-bond acceptors (Lipinski definition) is 8. The average molecular weight is 766 g/mol. The van der Waals surface area contributed by atoms with Gasteiger partial charge in [0.2, 0.25) is 0 Å². The van der Waals surface area contributed by atoms with Gasteiger partial charge >= 0.3 is 11.9 Å². The number of carbonyl (C=O) groups excluding carboxylic acids is 2. The summed E-state index contributed by atoms with van der Waals surface area (Å²) in [6.45, 7) is 4.02. The maximum Gasteiger partial charge on any atom is 0.306 e. The van der Waals surface area contributed by atoms with E-state index in [9.17, 15) is 19.0 Å². The fourth-order valence-electron chi connectivity index (χ4n) is 5.05. The number of phosphoric acid groups is 1. The highest BCUT2D eigenvalue weighted by Crippen LogP contribution is 2.38. The molecular formula is C43H76NO8P. The van der Waals surface area contributed by atoms with Gasteiger partial charge in [-0.25, -0.2) is 0 Å². The third kappa shape index (κ3) is 39.2. The number of allylic oxidation sites excluding steroid dienone is 10. The summed E-state index contributed by atoms with van der Waals surface area (Å²) in [6.07, 6.45) is 41.1. The molecule has 2 unspecified atom stereocenters. The lowest BCUT2D eigenvalue weighted by Crippen LogP contribution is -2.37. The molecule has 0 bridgehead atoms. The number of nitrogens with zero attached hydrogens (tertiary/aromatic N) is 1. The highest BCUT2D eigenvalue weighted by Gasteiger charge is 2.21. The first-order valence-corrected chi connectivity index (χ1v) is 22.0. The molecule has 0 aromatic carbocycles. The maximum atomic E-state index is 12.6. The van der Waals surface area contributed by atoms with Crippen LogP contribution in [0.15, 0.2) is 60.8 Å². The number of hydrogen-bond donors (Lipinski definition) is 0. The van der Waals surface area contributed by atoms with E-state index < -0.39 is 32.5 Å².